The number of hydrogen-bond acceptors (Lipinski definition) is 5. The number of carbonyl (C=O) groups excluding carboxylic acids is 2. The van der Waals surface area contributed by atoms with E-state index in [4.69, 9.17) is 16.7 Å². The van der Waals surface area contributed by atoms with Crippen molar-refractivity contribution in [3.8, 4) is 0 Å². The average Bonchev–Trinajstić information content (AvgIpc) is 3.40. The Morgan fingerprint density at radius 3 is 2.51 bits per heavy atom. The maximum absolute atomic E-state index is 13.6. The molecule has 0 spiro atoms. The van der Waals surface area contributed by atoms with E-state index in [1.165, 1.54) is 5.56 Å². The van der Waals surface area contributed by atoms with Gasteiger partial charge in [-0.3, -0.25) is 19.9 Å². The minimum Gasteiger partial charge on any atom is -0.343 e. The van der Waals surface area contributed by atoms with Gasteiger partial charge in [0.15, 0.2) is 6.29 Å². The van der Waals surface area contributed by atoms with E-state index in [2.05, 4.69) is 40.7 Å². The summed E-state index contributed by atoms with van der Waals surface area (Å²) in [5.74, 6) is 1.89. The van der Waals surface area contributed by atoms with Gasteiger partial charge >= 0.3 is 0 Å². The highest BCUT2D eigenvalue weighted by Crippen LogP contribution is 2.39. The second-order valence-electron chi connectivity index (χ2n) is 11.5. The summed E-state index contributed by atoms with van der Waals surface area (Å²) in [4.78, 5) is 33.1. The minimum atomic E-state index is -0.327. The van der Waals surface area contributed by atoms with Crippen molar-refractivity contribution in [3.05, 3.63) is 70.7 Å². The molecule has 2 saturated heterocycles. The second kappa shape index (κ2) is 11.6. The van der Waals surface area contributed by atoms with Gasteiger partial charge in [-0.25, -0.2) is 0 Å². The molecule has 8 heteroatoms. The highest BCUT2D eigenvalue weighted by molar-refractivity contribution is 6.31. The smallest absolute Gasteiger partial charge is 0.231 e. The van der Waals surface area contributed by atoms with E-state index in [-0.39, 0.29) is 30.1 Å². The van der Waals surface area contributed by atoms with E-state index in [1.807, 2.05) is 34.1 Å². The van der Waals surface area contributed by atoms with Gasteiger partial charge in [-0.15, -0.1) is 0 Å². The van der Waals surface area contributed by atoms with Crippen molar-refractivity contribution in [1.29, 1.82) is 0 Å². The SMILES string of the molecule is O=C(CCC1=NNC2N(Cc3ccccc3Cl)C(=O)C3CCCCC3N12)N1CCC(Cc2ccccc2)CC1. The Hall–Kier alpha value is -3.06. The molecule has 3 heterocycles. The third-order valence-electron chi connectivity index (χ3n) is 9.05. The zero-order valence-corrected chi connectivity index (χ0v) is 23.2. The van der Waals surface area contributed by atoms with E-state index in [0.717, 1.165) is 69.4 Å². The molecule has 1 N–H and O–H groups in total. The maximum Gasteiger partial charge on any atom is 0.231 e. The number of amidine groups is 1. The van der Waals surface area contributed by atoms with Crippen LogP contribution in [0.25, 0.3) is 0 Å². The lowest BCUT2D eigenvalue weighted by Crippen LogP contribution is -2.67. The molecule has 3 atom stereocenters. The molecule has 39 heavy (non-hydrogen) atoms. The number of piperidine rings is 1. The van der Waals surface area contributed by atoms with E-state index in [1.54, 1.807) is 0 Å². The molecule has 2 aromatic rings. The summed E-state index contributed by atoms with van der Waals surface area (Å²) in [5, 5.41) is 5.36. The molecule has 3 fully saturated rings. The Bertz CT molecular complexity index is 1210. The van der Waals surface area contributed by atoms with E-state index < -0.39 is 0 Å². The Morgan fingerprint density at radius 2 is 1.72 bits per heavy atom. The average molecular weight is 548 g/mol. The van der Waals surface area contributed by atoms with Gasteiger partial charge in [0.05, 0.1) is 12.5 Å². The van der Waals surface area contributed by atoms with E-state index in [0.29, 0.717) is 30.3 Å². The van der Waals surface area contributed by atoms with Crippen molar-refractivity contribution >= 4 is 29.3 Å². The fourth-order valence-electron chi connectivity index (χ4n) is 6.92. The van der Waals surface area contributed by atoms with Crippen molar-refractivity contribution in [1.82, 2.24) is 20.1 Å². The van der Waals surface area contributed by atoms with E-state index >= 15 is 0 Å². The number of hydrazone groups is 1. The van der Waals surface area contributed by atoms with Gasteiger partial charge < -0.3 is 9.80 Å². The van der Waals surface area contributed by atoms with Crippen LogP contribution in [0.3, 0.4) is 0 Å². The van der Waals surface area contributed by atoms with Gasteiger partial charge in [0.1, 0.15) is 5.84 Å². The Morgan fingerprint density at radius 1 is 0.974 bits per heavy atom. The fraction of sp³-hybridized carbons (Fsp3) is 0.516. The number of nitrogens with one attached hydrogen (secondary N) is 1. The highest BCUT2D eigenvalue weighted by atomic mass is 35.5. The molecule has 1 saturated carbocycles. The lowest BCUT2D eigenvalue weighted by molar-refractivity contribution is -0.156. The summed E-state index contributed by atoms with van der Waals surface area (Å²) in [5.41, 5.74) is 5.56. The van der Waals surface area contributed by atoms with Gasteiger partial charge in [-0.05, 0) is 55.2 Å². The third kappa shape index (κ3) is 5.51. The summed E-state index contributed by atoms with van der Waals surface area (Å²) in [6, 6.07) is 18.5. The van der Waals surface area contributed by atoms with E-state index in [9.17, 15) is 9.59 Å². The molecule has 3 unspecified atom stereocenters. The van der Waals surface area contributed by atoms with Crippen molar-refractivity contribution in [2.24, 2.45) is 16.9 Å². The molecular formula is C31H38ClN5O2. The summed E-state index contributed by atoms with van der Waals surface area (Å²) in [7, 11) is 0. The van der Waals surface area contributed by atoms with Crippen LogP contribution in [0.1, 0.15) is 62.5 Å². The monoisotopic (exact) mass is 547 g/mol. The lowest BCUT2D eigenvalue weighted by atomic mass is 9.80. The standard InChI is InChI=1S/C31H38ClN5O2/c32-26-12-6-4-10-24(26)21-36-30(39)25-11-5-7-13-27(25)37-28(33-34-31(36)37)14-15-29(38)35-18-16-23(17-19-35)20-22-8-2-1-3-9-22/h1-4,6,8-10,12,23,25,27,31,34H,5,7,11,13-21H2. The molecule has 7 nitrogen and oxygen atoms in total. The summed E-state index contributed by atoms with van der Waals surface area (Å²) in [6.07, 6.45) is 7.98. The van der Waals surface area contributed by atoms with Crippen LogP contribution in [0.15, 0.2) is 59.7 Å². The van der Waals surface area contributed by atoms with Gasteiger partial charge in [-0.1, -0.05) is 73.0 Å². The molecule has 4 aliphatic rings. The van der Waals surface area contributed by atoms with Crippen LogP contribution >= 0.6 is 11.6 Å². The molecule has 206 valence electrons. The Balaban J connectivity index is 1.08. The first-order valence-corrected chi connectivity index (χ1v) is 14.9. The van der Waals surface area contributed by atoms with Gasteiger partial charge in [0, 0.05) is 37.0 Å². The van der Waals surface area contributed by atoms with Crippen molar-refractivity contribution in [2.75, 3.05) is 13.1 Å². The number of benzene rings is 2. The highest BCUT2D eigenvalue weighted by Gasteiger charge is 2.50. The van der Waals surface area contributed by atoms with Crippen molar-refractivity contribution in [2.45, 2.75) is 76.7 Å². The first-order chi connectivity index (χ1) is 19.1. The Labute approximate surface area is 236 Å². The van der Waals surface area contributed by atoms with Crippen LogP contribution in [-0.2, 0) is 22.6 Å². The maximum atomic E-state index is 13.6. The number of fused-ring (bicyclic) bond motifs is 3. The molecule has 3 aliphatic heterocycles. The number of halogens is 1. The summed E-state index contributed by atoms with van der Waals surface area (Å²) >= 11 is 6.47. The molecule has 2 amide bonds. The number of amides is 2. The van der Waals surface area contributed by atoms with Crippen LogP contribution in [0.2, 0.25) is 5.02 Å². The zero-order valence-electron chi connectivity index (χ0n) is 22.5. The number of carbonyl (C=O) groups is 2. The number of nitrogens with zero attached hydrogens (tertiary/aromatic N) is 4. The van der Waals surface area contributed by atoms with Crippen LogP contribution in [0.4, 0.5) is 0 Å². The number of hydrogen-bond donors (Lipinski definition) is 1. The summed E-state index contributed by atoms with van der Waals surface area (Å²) < 4.78 is 0. The largest absolute Gasteiger partial charge is 0.343 e. The van der Waals surface area contributed by atoms with Crippen molar-refractivity contribution < 1.29 is 9.59 Å². The molecule has 0 aromatic heterocycles. The number of rotatable bonds is 7. The second-order valence-corrected chi connectivity index (χ2v) is 11.9. The van der Waals surface area contributed by atoms with Crippen LogP contribution in [-0.4, -0.2) is 57.8 Å². The zero-order chi connectivity index (χ0) is 26.8. The quantitative estimate of drug-likeness (QED) is 0.529. The first kappa shape index (κ1) is 26.2. The minimum absolute atomic E-state index is 0.0399. The molecule has 0 bridgehead atoms. The lowest BCUT2D eigenvalue weighted by Gasteiger charge is -2.50. The predicted molar refractivity (Wildman–Crippen MR) is 153 cm³/mol. The predicted octanol–water partition coefficient (Wildman–Crippen LogP) is 5.00. The van der Waals surface area contributed by atoms with Gasteiger partial charge in [-0.2, -0.15) is 5.10 Å². The van der Waals surface area contributed by atoms with Crippen LogP contribution < -0.4 is 5.43 Å². The third-order valence-corrected chi connectivity index (χ3v) is 9.42. The topological polar surface area (TPSA) is 68.2 Å². The van der Waals surface area contributed by atoms with Crippen LogP contribution in [0.5, 0.6) is 0 Å². The van der Waals surface area contributed by atoms with Crippen molar-refractivity contribution in [3.63, 3.8) is 0 Å². The first-order valence-electron chi connectivity index (χ1n) is 14.5. The van der Waals surface area contributed by atoms with Crippen LogP contribution in [0, 0.1) is 11.8 Å². The molecule has 0 radical (unpaired) electrons. The Kier molecular flexibility index (Phi) is 7.78. The van der Waals surface area contributed by atoms with Gasteiger partial charge in [0.2, 0.25) is 11.8 Å². The van der Waals surface area contributed by atoms with Gasteiger partial charge in [0.25, 0.3) is 0 Å². The fourth-order valence-corrected chi connectivity index (χ4v) is 7.12. The molecule has 1 aliphatic carbocycles. The molecule has 6 rings (SSSR count). The molecule has 2 aromatic carbocycles. The normalized spacial score (nSPS) is 25.2. The summed E-state index contributed by atoms with van der Waals surface area (Å²) in [6.45, 7) is 2.10. The molecular weight excluding hydrogens is 510 g/mol. The number of likely N-dealkylation sites (tertiary alicyclic amines) is 1.